The SMILES string of the molecule is Cc1nn(C)c(C)c1S(=O)(=O)Nc1ccc(Br)nc1. The molecular formula is C11H13BrN4O2S. The predicted octanol–water partition coefficient (Wildman–Crippen LogP) is 2.00. The van der Waals surface area contributed by atoms with Gasteiger partial charge in [-0.15, -0.1) is 0 Å². The van der Waals surface area contributed by atoms with Gasteiger partial charge in [0, 0.05) is 7.05 Å². The van der Waals surface area contributed by atoms with Gasteiger partial charge in [-0.3, -0.25) is 9.40 Å². The second-order valence-corrected chi connectivity index (χ2v) is 6.53. The minimum Gasteiger partial charge on any atom is -0.278 e. The van der Waals surface area contributed by atoms with Crippen molar-refractivity contribution in [1.29, 1.82) is 0 Å². The van der Waals surface area contributed by atoms with E-state index in [1.807, 2.05) is 0 Å². The first-order valence-corrected chi connectivity index (χ1v) is 7.73. The summed E-state index contributed by atoms with van der Waals surface area (Å²) in [5.41, 5.74) is 1.47. The summed E-state index contributed by atoms with van der Waals surface area (Å²) in [6.07, 6.45) is 1.45. The minimum atomic E-state index is -3.66. The van der Waals surface area contributed by atoms with E-state index >= 15 is 0 Å². The molecule has 0 aromatic carbocycles. The molecule has 6 nitrogen and oxygen atoms in total. The van der Waals surface area contributed by atoms with Gasteiger partial charge in [0.15, 0.2) is 0 Å². The Morgan fingerprint density at radius 1 is 1.32 bits per heavy atom. The van der Waals surface area contributed by atoms with Crippen molar-refractivity contribution < 1.29 is 8.42 Å². The average molecular weight is 345 g/mol. The molecule has 0 aliphatic rings. The zero-order chi connectivity index (χ0) is 14.2. The van der Waals surface area contributed by atoms with E-state index in [0.29, 0.717) is 21.7 Å². The molecule has 8 heteroatoms. The zero-order valence-corrected chi connectivity index (χ0v) is 13.1. The molecule has 0 aliphatic heterocycles. The Kier molecular flexibility index (Phi) is 3.64. The lowest BCUT2D eigenvalue weighted by atomic mass is 10.4. The lowest BCUT2D eigenvalue weighted by molar-refractivity contribution is 0.599. The monoisotopic (exact) mass is 344 g/mol. The van der Waals surface area contributed by atoms with Crippen LogP contribution in [0.3, 0.4) is 0 Å². The number of anilines is 1. The Balaban J connectivity index is 2.40. The maximum absolute atomic E-state index is 12.3. The fourth-order valence-electron chi connectivity index (χ4n) is 1.79. The second kappa shape index (κ2) is 4.93. The maximum atomic E-state index is 12.3. The lowest BCUT2D eigenvalue weighted by Crippen LogP contribution is -2.15. The topological polar surface area (TPSA) is 76.9 Å². The summed E-state index contributed by atoms with van der Waals surface area (Å²) in [6.45, 7) is 3.38. The summed E-state index contributed by atoms with van der Waals surface area (Å²) in [5, 5.41) is 4.11. The highest BCUT2D eigenvalue weighted by atomic mass is 79.9. The van der Waals surface area contributed by atoms with Gasteiger partial charge in [-0.2, -0.15) is 5.10 Å². The highest BCUT2D eigenvalue weighted by Crippen LogP contribution is 2.22. The summed E-state index contributed by atoms with van der Waals surface area (Å²) >= 11 is 3.19. The van der Waals surface area contributed by atoms with Crippen LogP contribution in [0.4, 0.5) is 5.69 Å². The summed E-state index contributed by atoms with van der Waals surface area (Å²) < 4.78 is 29.4. The average Bonchev–Trinajstić information content (AvgIpc) is 2.56. The van der Waals surface area contributed by atoms with Crippen LogP contribution in [0.25, 0.3) is 0 Å². The van der Waals surface area contributed by atoms with E-state index in [1.165, 1.54) is 6.20 Å². The van der Waals surface area contributed by atoms with Crippen molar-refractivity contribution in [2.24, 2.45) is 7.05 Å². The lowest BCUT2D eigenvalue weighted by Gasteiger charge is -2.08. The largest absolute Gasteiger partial charge is 0.278 e. The Morgan fingerprint density at radius 3 is 2.47 bits per heavy atom. The maximum Gasteiger partial charge on any atom is 0.265 e. The summed E-state index contributed by atoms with van der Waals surface area (Å²) in [6, 6.07) is 3.30. The van der Waals surface area contributed by atoms with Crippen molar-refractivity contribution in [3.8, 4) is 0 Å². The van der Waals surface area contributed by atoms with E-state index in [-0.39, 0.29) is 4.90 Å². The van der Waals surface area contributed by atoms with Crippen LogP contribution >= 0.6 is 15.9 Å². The number of halogens is 1. The molecule has 0 saturated heterocycles. The van der Waals surface area contributed by atoms with Crippen LogP contribution in [0.1, 0.15) is 11.4 Å². The molecule has 2 aromatic rings. The zero-order valence-electron chi connectivity index (χ0n) is 10.7. The Bertz CT molecular complexity index is 707. The Morgan fingerprint density at radius 2 is 2.00 bits per heavy atom. The van der Waals surface area contributed by atoms with Gasteiger partial charge in [0.25, 0.3) is 10.0 Å². The number of rotatable bonds is 3. The fourth-order valence-corrected chi connectivity index (χ4v) is 3.50. The third-order valence-corrected chi connectivity index (χ3v) is 4.79. The molecule has 2 heterocycles. The van der Waals surface area contributed by atoms with Crippen LogP contribution in [-0.4, -0.2) is 23.2 Å². The number of aromatic nitrogens is 3. The van der Waals surface area contributed by atoms with E-state index in [1.54, 1.807) is 37.7 Å². The van der Waals surface area contributed by atoms with Crippen molar-refractivity contribution in [2.75, 3.05) is 4.72 Å². The third-order valence-electron chi connectivity index (χ3n) is 2.69. The number of sulfonamides is 1. The molecule has 19 heavy (non-hydrogen) atoms. The molecule has 0 radical (unpaired) electrons. The van der Waals surface area contributed by atoms with Crippen LogP contribution in [0.15, 0.2) is 27.8 Å². The molecule has 0 atom stereocenters. The molecule has 0 unspecified atom stereocenters. The first kappa shape index (κ1) is 14.0. The number of hydrogen-bond acceptors (Lipinski definition) is 4. The second-order valence-electron chi connectivity index (χ2n) is 4.10. The quantitative estimate of drug-likeness (QED) is 0.864. The highest BCUT2D eigenvalue weighted by Gasteiger charge is 2.23. The van der Waals surface area contributed by atoms with Gasteiger partial charge >= 0.3 is 0 Å². The Labute approximate surface area is 120 Å². The van der Waals surface area contributed by atoms with Crippen LogP contribution in [0.2, 0.25) is 0 Å². The van der Waals surface area contributed by atoms with Gasteiger partial charge in [0.05, 0.1) is 23.3 Å². The molecule has 102 valence electrons. The fraction of sp³-hybridized carbons (Fsp3) is 0.273. The van der Waals surface area contributed by atoms with E-state index in [4.69, 9.17) is 0 Å². The molecule has 0 bridgehead atoms. The van der Waals surface area contributed by atoms with Gasteiger partial charge in [-0.1, -0.05) is 0 Å². The molecule has 2 rings (SSSR count). The smallest absolute Gasteiger partial charge is 0.265 e. The van der Waals surface area contributed by atoms with Crippen LogP contribution in [0, 0.1) is 13.8 Å². The number of nitrogens with zero attached hydrogens (tertiary/aromatic N) is 3. The third kappa shape index (κ3) is 2.79. The number of nitrogens with one attached hydrogen (secondary N) is 1. The van der Waals surface area contributed by atoms with Crippen LogP contribution < -0.4 is 4.72 Å². The van der Waals surface area contributed by atoms with E-state index in [0.717, 1.165) is 0 Å². The molecule has 2 aromatic heterocycles. The summed E-state index contributed by atoms with van der Waals surface area (Å²) in [7, 11) is -1.94. The standard InChI is InChI=1S/C11H13BrN4O2S/c1-7-11(8(2)16(3)14-7)19(17,18)15-9-4-5-10(12)13-6-9/h4-6,15H,1-3H3. The highest BCUT2D eigenvalue weighted by molar-refractivity contribution is 9.10. The van der Waals surface area contributed by atoms with E-state index in [9.17, 15) is 8.42 Å². The molecule has 1 N–H and O–H groups in total. The number of hydrogen-bond donors (Lipinski definition) is 1. The summed E-state index contributed by atoms with van der Waals surface area (Å²) in [5.74, 6) is 0. The number of pyridine rings is 1. The molecule has 0 fully saturated rings. The van der Waals surface area contributed by atoms with E-state index < -0.39 is 10.0 Å². The summed E-state index contributed by atoms with van der Waals surface area (Å²) in [4.78, 5) is 4.18. The number of aryl methyl sites for hydroxylation is 2. The minimum absolute atomic E-state index is 0.206. The van der Waals surface area contributed by atoms with Gasteiger partial charge in [-0.05, 0) is 41.9 Å². The van der Waals surface area contributed by atoms with E-state index in [2.05, 4.69) is 30.7 Å². The first-order valence-electron chi connectivity index (χ1n) is 5.46. The van der Waals surface area contributed by atoms with Gasteiger partial charge < -0.3 is 0 Å². The molecule has 0 aliphatic carbocycles. The van der Waals surface area contributed by atoms with Crippen LogP contribution in [-0.2, 0) is 17.1 Å². The molecule has 0 amide bonds. The van der Waals surface area contributed by atoms with Gasteiger partial charge in [-0.25, -0.2) is 13.4 Å². The molecule has 0 spiro atoms. The molecule has 0 saturated carbocycles. The van der Waals surface area contributed by atoms with Crippen molar-refractivity contribution in [1.82, 2.24) is 14.8 Å². The van der Waals surface area contributed by atoms with Gasteiger partial charge in [0.1, 0.15) is 9.50 Å². The normalized spacial score (nSPS) is 11.6. The van der Waals surface area contributed by atoms with Gasteiger partial charge in [0.2, 0.25) is 0 Å². The van der Waals surface area contributed by atoms with Crippen molar-refractivity contribution >= 4 is 31.6 Å². The first-order chi connectivity index (χ1) is 8.81. The van der Waals surface area contributed by atoms with Crippen molar-refractivity contribution in [3.05, 3.63) is 34.3 Å². The van der Waals surface area contributed by atoms with Crippen molar-refractivity contribution in [3.63, 3.8) is 0 Å². The van der Waals surface area contributed by atoms with Crippen molar-refractivity contribution in [2.45, 2.75) is 18.7 Å². The Hall–Kier alpha value is -1.41. The van der Waals surface area contributed by atoms with Crippen LogP contribution in [0.5, 0.6) is 0 Å². The molecular weight excluding hydrogens is 332 g/mol. The predicted molar refractivity (Wildman–Crippen MR) is 75.4 cm³/mol.